The number of rotatable bonds is 7. The summed E-state index contributed by atoms with van der Waals surface area (Å²) in [5, 5.41) is 8.45. The Morgan fingerprint density at radius 2 is 1.84 bits per heavy atom. The van der Waals surface area contributed by atoms with E-state index in [0.717, 1.165) is 18.4 Å². The van der Waals surface area contributed by atoms with Crippen LogP contribution in [-0.2, 0) is 4.79 Å². The molecule has 1 aromatic carbocycles. The third-order valence-corrected chi connectivity index (χ3v) is 3.75. The van der Waals surface area contributed by atoms with Crippen molar-refractivity contribution < 1.29 is 9.90 Å². The molecule has 0 heterocycles. The molecule has 4 heteroatoms. The largest absolute Gasteiger partial charge is 0.395 e. The molecule has 0 saturated carbocycles. The molecule has 0 radical (unpaired) electrons. The van der Waals surface area contributed by atoms with Gasteiger partial charge >= 0.3 is 0 Å². The first-order valence-corrected chi connectivity index (χ1v) is 7.19. The average Bonchev–Trinajstić information content (AvgIpc) is 2.47. The smallest absolute Gasteiger partial charge is 0.245 e. The van der Waals surface area contributed by atoms with Crippen molar-refractivity contribution in [1.29, 1.82) is 0 Å². The highest BCUT2D eigenvalue weighted by atomic mass is 35.5. The number of hydrogen-bond acceptors (Lipinski definition) is 2. The van der Waals surface area contributed by atoms with Crippen LogP contribution in [0.25, 0.3) is 0 Å². The Bertz CT molecular complexity index is 379. The number of carbonyl (C=O) groups excluding carboxylic acids is 1. The van der Waals surface area contributed by atoms with Gasteiger partial charge < -0.3 is 10.0 Å². The second-order valence-corrected chi connectivity index (χ2v) is 4.94. The molecule has 0 aromatic heterocycles. The Hall–Kier alpha value is -1.06. The highest BCUT2D eigenvalue weighted by Gasteiger charge is 2.27. The minimum absolute atomic E-state index is 0.0410. The summed E-state index contributed by atoms with van der Waals surface area (Å²) in [7, 11) is 0. The summed E-state index contributed by atoms with van der Waals surface area (Å²) in [5.41, 5.74) is 0.795. The predicted molar refractivity (Wildman–Crippen MR) is 78.2 cm³/mol. The van der Waals surface area contributed by atoms with E-state index in [9.17, 15) is 4.79 Å². The Labute approximate surface area is 120 Å². The van der Waals surface area contributed by atoms with Gasteiger partial charge in [0.1, 0.15) is 5.38 Å². The fourth-order valence-corrected chi connectivity index (χ4v) is 2.49. The van der Waals surface area contributed by atoms with Gasteiger partial charge in [0.25, 0.3) is 0 Å². The van der Waals surface area contributed by atoms with Gasteiger partial charge in [-0.25, -0.2) is 0 Å². The molecule has 0 aliphatic rings. The number of benzene rings is 1. The highest BCUT2D eigenvalue weighted by molar-refractivity contribution is 6.30. The molecule has 106 valence electrons. The first kappa shape index (κ1) is 16.0. The van der Waals surface area contributed by atoms with Crippen molar-refractivity contribution in [2.75, 3.05) is 13.2 Å². The van der Waals surface area contributed by atoms with Crippen LogP contribution in [0.4, 0.5) is 0 Å². The summed E-state index contributed by atoms with van der Waals surface area (Å²) in [5.74, 6) is -0.129. The van der Waals surface area contributed by atoms with Crippen LogP contribution < -0.4 is 0 Å². The van der Waals surface area contributed by atoms with Gasteiger partial charge in [-0.15, -0.1) is 11.6 Å². The second kappa shape index (κ2) is 8.18. The number of aliphatic hydroxyl groups is 1. The molecule has 19 heavy (non-hydrogen) atoms. The normalized spacial score (nSPS) is 12.5. The van der Waals surface area contributed by atoms with Crippen LogP contribution in [-0.4, -0.2) is 35.1 Å². The van der Waals surface area contributed by atoms with Gasteiger partial charge in [-0.3, -0.25) is 4.79 Å². The molecule has 3 nitrogen and oxygen atoms in total. The lowest BCUT2D eigenvalue weighted by molar-refractivity contribution is -0.134. The summed E-state index contributed by atoms with van der Waals surface area (Å²) in [6, 6.07) is 9.45. The molecule has 1 amide bonds. The minimum Gasteiger partial charge on any atom is -0.395 e. The van der Waals surface area contributed by atoms with E-state index in [-0.39, 0.29) is 18.6 Å². The van der Waals surface area contributed by atoms with Crippen LogP contribution in [0.5, 0.6) is 0 Å². The zero-order valence-electron chi connectivity index (χ0n) is 11.6. The first-order chi connectivity index (χ1) is 9.15. The molecule has 1 N–H and O–H groups in total. The quantitative estimate of drug-likeness (QED) is 0.782. The van der Waals surface area contributed by atoms with E-state index in [4.69, 9.17) is 16.7 Å². The molecule has 1 unspecified atom stereocenters. The van der Waals surface area contributed by atoms with Crippen LogP contribution in [0.15, 0.2) is 30.3 Å². The molecule has 1 aromatic rings. The summed E-state index contributed by atoms with van der Waals surface area (Å²) in [4.78, 5) is 14.2. The molecule has 0 saturated heterocycles. The Balaban J connectivity index is 2.87. The maximum Gasteiger partial charge on any atom is 0.245 e. The van der Waals surface area contributed by atoms with Gasteiger partial charge in [0.05, 0.1) is 6.61 Å². The topological polar surface area (TPSA) is 40.5 Å². The molecule has 0 spiro atoms. The number of alkyl halides is 1. The van der Waals surface area contributed by atoms with E-state index >= 15 is 0 Å². The van der Waals surface area contributed by atoms with Crippen LogP contribution in [0.2, 0.25) is 0 Å². The molecule has 1 rings (SSSR count). The SMILES string of the molecule is CCC(CC)N(CCO)C(=O)C(Cl)c1ccccc1. The number of carbonyl (C=O) groups is 1. The van der Waals surface area contributed by atoms with Crippen molar-refractivity contribution in [1.82, 2.24) is 4.90 Å². The fraction of sp³-hybridized carbons (Fsp3) is 0.533. The molecular formula is C15H22ClNO2. The molecule has 0 aliphatic heterocycles. The summed E-state index contributed by atoms with van der Waals surface area (Å²) in [6.07, 6.45) is 1.72. The lowest BCUT2D eigenvalue weighted by atomic mass is 10.1. The number of amides is 1. The number of aliphatic hydroxyl groups excluding tert-OH is 1. The molecule has 0 aliphatic carbocycles. The van der Waals surface area contributed by atoms with Crippen LogP contribution in [0, 0.1) is 0 Å². The fourth-order valence-electron chi connectivity index (χ4n) is 2.22. The predicted octanol–water partition coefficient (Wildman–Crippen LogP) is 2.98. The van der Waals surface area contributed by atoms with Crippen LogP contribution >= 0.6 is 11.6 Å². The minimum atomic E-state index is -0.687. The van der Waals surface area contributed by atoms with Crippen molar-refractivity contribution in [2.45, 2.75) is 38.1 Å². The van der Waals surface area contributed by atoms with Gasteiger partial charge in [0.15, 0.2) is 0 Å². The van der Waals surface area contributed by atoms with Crippen LogP contribution in [0.3, 0.4) is 0 Å². The van der Waals surface area contributed by atoms with E-state index in [1.54, 1.807) is 4.90 Å². The number of hydrogen-bond donors (Lipinski definition) is 1. The maximum atomic E-state index is 12.5. The molecule has 1 atom stereocenters. The van der Waals surface area contributed by atoms with Crippen molar-refractivity contribution in [3.63, 3.8) is 0 Å². The van der Waals surface area contributed by atoms with E-state index in [0.29, 0.717) is 6.54 Å². The summed E-state index contributed by atoms with van der Waals surface area (Å²) < 4.78 is 0. The van der Waals surface area contributed by atoms with Gasteiger partial charge in [0.2, 0.25) is 5.91 Å². The van der Waals surface area contributed by atoms with Crippen molar-refractivity contribution in [3.8, 4) is 0 Å². The molecule has 0 bridgehead atoms. The number of nitrogens with zero attached hydrogens (tertiary/aromatic N) is 1. The third-order valence-electron chi connectivity index (χ3n) is 3.32. The van der Waals surface area contributed by atoms with E-state index in [2.05, 4.69) is 0 Å². The van der Waals surface area contributed by atoms with Gasteiger partial charge in [-0.05, 0) is 18.4 Å². The van der Waals surface area contributed by atoms with Crippen molar-refractivity contribution >= 4 is 17.5 Å². The summed E-state index contributed by atoms with van der Waals surface area (Å²) >= 11 is 6.27. The Kier molecular flexibility index (Phi) is 6.89. The van der Waals surface area contributed by atoms with Crippen molar-refractivity contribution in [3.05, 3.63) is 35.9 Å². The highest BCUT2D eigenvalue weighted by Crippen LogP contribution is 2.24. The van der Waals surface area contributed by atoms with E-state index < -0.39 is 5.38 Å². The summed E-state index contributed by atoms with van der Waals surface area (Å²) in [6.45, 7) is 4.37. The lowest BCUT2D eigenvalue weighted by Crippen LogP contribution is -2.43. The van der Waals surface area contributed by atoms with Crippen molar-refractivity contribution in [2.24, 2.45) is 0 Å². The Morgan fingerprint density at radius 3 is 2.32 bits per heavy atom. The van der Waals surface area contributed by atoms with E-state index in [1.165, 1.54) is 0 Å². The zero-order valence-corrected chi connectivity index (χ0v) is 12.3. The van der Waals surface area contributed by atoms with Gasteiger partial charge in [0, 0.05) is 12.6 Å². The molecule has 0 fully saturated rings. The lowest BCUT2D eigenvalue weighted by Gasteiger charge is -2.31. The van der Waals surface area contributed by atoms with E-state index in [1.807, 2.05) is 44.2 Å². The third kappa shape index (κ3) is 4.22. The monoisotopic (exact) mass is 283 g/mol. The van der Waals surface area contributed by atoms with Gasteiger partial charge in [-0.1, -0.05) is 44.2 Å². The van der Waals surface area contributed by atoms with Crippen LogP contribution in [0.1, 0.15) is 37.6 Å². The maximum absolute atomic E-state index is 12.5. The number of halogens is 1. The first-order valence-electron chi connectivity index (χ1n) is 6.76. The van der Waals surface area contributed by atoms with Gasteiger partial charge in [-0.2, -0.15) is 0 Å². The second-order valence-electron chi connectivity index (χ2n) is 4.50. The zero-order chi connectivity index (χ0) is 14.3. The molecular weight excluding hydrogens is 262 g/mol. The Morgan fingerprint density at radius 1 is 1.26 bits per heavy atom. The average molecular weight is 284 g/mol. The standard InChI is InChI=1S/C15H22ClNO2/c1-3-13(4-2)17(10-11-18)15(19)14(16)12-8-6-5-7-9-12/h5-9,13-14,18H,3-4,10-11H2,1-2H3.